The maximum atomic E-state index is 8.62. The number of pyridine rings is 1. The molecule has 1 N–H and O–H groups in total. The highest BCUT2D eigenvalue weighted by molar-refractivity contribution is 5.42. The van der Waals surface area contributed by atoms with Gasteiger partial charge in [-0.3, -0.25) is 4.98 Å². The van der Waals surface area contributed by atoms with Crippen molar-refractivity contribution in [3.05, 3.63) is 24.5 Å². The summed E-state index contributed by atoms with van der Waals surface area (Å²) in [5.74, 6) is 0. The predicted molar refractivity (Wildman–Crippen MR) is 53.8 cm³/mol. The minimum absolute atomic E-state index is 0.279. The van der Waals surface area contributed by atoms with Gasteiger partial charge < -0.3 is 10.0 Å². The van der Waals surface area contributed by atoms with Gasteiger partial charge in [0.15, 0.2) is 0 Å². The van der Waals surface area contributed by atoms with Crippen molar-refractivity contribution < 1.29 is 5.11 Å². The van der Waals surface area contributed by atoms with Crippen LogP contribution in [0, 0.1) is 0 Å². The lowest BCUT2D eigenvalue weighted by Gasteiger charge is -2.17. The molecule has 0 spiro atoms. The van der Waals surface area contributed by atoms with Crippen LogP contribution in [-0.4, -0.2) is 30.3 Å². The average Bonchev–Trinajstić information content (AvgIpc) is 2.19. The molecule has 0 aromatic carbocycles. The molecule has 0 unspecified atom stereocenters. The Morgan fingerprint density at radius 1 is 1.46 bits per heavy atom. The molecule has 0 aliphatic rings. The van der Waals surface area contributed by atoms with Gasteiger partial charge in [0.25, 0.3) is 0 Å². The fourth-order valence-electron chi connectivity index (χ4n) is 1.17. The lowest BCUT2D eigenvalue weighted by atomic mass is 10.3. The fraction of sp³-hybridized carbons (Fsp3) is 0.500. The Morgan fingerprint density at radius 3 is 2.92 bits per heavy atom. The number of hydrogen-bond donors (Lipinski definition) is 1. The molecule has 0 amide bonds. The van der Waals surface area contributed by atoms with Gasteiger partial charge in [0.05, 0.1) is 11.9 Å². The predicted octanol–water partition coefficient (Wildman–Crippen LogP) is 1.29. The van der Waals surface area contributed by atoms with Crippen LogP contribution >= 0.6 is 0 Å². The number of unbranched alkanes of at least 4 members (excludes halogenated alkanes) is 1. The van der Waals surface area contributed by atoms with E-state index in [1.807, 2.05) is 25.4 Å². The summed E-state index contributed by atoms with van der Waals surface area (Å²) < 4.78 is 0. The average molecular weight is 180 g/mol. The molecular weight excluding hydrogens is 164 g/mol. The van der Waals surface area contributed by atoms with Crippen LogP contribution in [0.5, 0.6) is 0 Å². The highest BCUT2D eigenvalue weighted by Crippen LogP contribution is 2.09. The summed E-state index contributed by atoms with van der Waals surface area (Å²) in [4.78, 5) is 6.18. The zero-order valence-corrected chi connectivity index (χ0v) is 7.98. The van der Waals surface area contributed by atoms with Crippen molar-refractivity contribution in [2.45, 2.75) is 12.8 Å². The van der Waals surface area contributed by atoms with Gasteiger partial charge in [0.2, 0.25) is 0 Å². The number of rotatable bonds is 5. The summed E-state index contributed by atoms with van der Waals surface area (Å²) >= 11 is 0. The molecule has 0 saturated carbocycles. The number of aliphatic hydroxyl groups is 1. The molecule has 0 saturated heterocycles. The molecule has 3 heteroatoms. The Morgan fingerprint density at radius 2 is 2.31 bits per heavy atom. The summed E-state index contributed by atoms with van der Waals surface area (Å²) in [5, 5.41) is 8.62. The highest BCUT2D eigenvalue weighted by atomic mass is 16.2. The van der Waals surface area contributed by atoms with E-state index in [1.165, 1.54) is 0 Å². The highest BCUT2D eigenvalue weighted by Gasteiger charge is 1.98. The van der Waals surface area contributed by atoms with Gasteiger partial charge in [0.1, 0.15) is 0 Å². The van der Waals surface area contributed by atoms with Crippen LogP contribution in [0.4, 0.5) is 5.69 Å². The molecule has 0 bridgehead atoms. The van der Waals surface area contributed by atoms with E-state index in [4.69, 9.17) is 5.11 Å². The standard InChI is InChI=1S/C10H16N2O/c1-12(7-2-3-8-13)10-5-4-6-11-9-10/h4-6,9,13H,2-3,7-8H2,1H3. The summed E-state index contributed by atoms with van der Waals surface area (Å²) in [7, 11) is 2.04. The minimum atomic E-state index is 0.279. The smallest absolute Gasteiger partial charge is 0.0550 e. The molecule has 1 aromatic heterocycles. The second-order valence-electron chi connectivity index (χ2n) is 3.06. The van der Waals surface area contributed by atoms with Gasteiger partial charge in [-0.1, -0.05) is 0 Å². The number of aliphatic hydroxyl groups excluding tert-OH is 1. The summed E-state index contributed by atoms with van der Waals surface area (Å²) in [6.45, 7) is 1.24. The van der Waals surface area contributed by atoms with Crippen LogP contribution in [-0.2, 0) is 0 Å². The molecule has 13 heavy (non-hydrogen) atoms. The molecule has 72 valence electrons. The molecule has 1 aromatic rings. The van der Waals surface area contributed by atoms with Crippen molar-refractivity contribution in [1.82, 2.24) is 4.98 Å². The van der Waals surface area contributed by atoms with Crippen molar-refractivity contribution in [3.8, 4) is 0 Å². The van der Waals surface area contributed by atoms with E-state index in [2.05, 4.69) is 9.88 Å². The quantitative estimate of drug-likeness (QED) is 0.694. The third-order valence-corrected chi connectivity index (χ3v) is 1.99. The maximum Gasteiger partial charge on any atom is 0.0550 e. The third kappa shape index (κ3) is 3.42. The van der Waals surface area contributed by atoms with Gasteiger partial charge in [0, 0.05) is 26.4 Å². The van der Waals surface area contributed by atoms with Gasteiger partial charge in [-0.2, -0.15) is 0 Å². The van der Waals surface area contributed by atoms with Gasteiger partial charge >= 0.3 is 0 Å². The SMILES string of the molecule is CN(CCCCO)c1cccnc1. The first-order chi connectivity index (χ1) is 6.34. The van der Waals surface area contributed by atoms with Crippen molar-refractivity contribution >= 4 is 5.69 Å². The van der Waals surface area contributed by atoms with Crippen LogP contribution < -0.4 is 4.90 Å². The summed E-state index contributed by atoms with van der Waals surface area (Å²) in [6.07, 6.45) is 5.50. The van der Waals surface area contributed by atoms with Crippen molar-refractivity contribution in [2.75, 3.05) is 25.1 Å². The number of hydrogen-bond acceptors (Lipinski definition) is 3. The largest absolute Gasteiger partial charge is 0.396 e. The normalized spacial score (nSPS) is 10.0. The van der Waals surface area contributed by atoms with Gasteiger partial charge in [-0.15, -0.1) is 0 Å². The number of anilines is 1. The van der Waals surface area contributed by atoms with Crippen LogP contribution in [0.25, 0.3) is 0 Å². The van der Waals surface area contributed by atoms with Crippen molar-refractivity contribution in [2.24, 2.45) is 0 Å². The third-order valence-electron chi connectivity index (χ3n) is 1.99. The zero-order valence-electron chi connectivity index (χ0n) is 7.98. The Hall–Kier alpha value is -1.09. The summed E-state index contributed by atoms with van der Waals surface area (Å²) in [6, 6.07) is 3.96. The van der Waals surface area contributed by atoms with Crippen molar-refractivity contribution in [1.29, 1.82) is 0 Å². The number of nitrogens with zero attached hydrogens (tertiary/aromatic N) is 2. The lowest BCUT2D eigenvalue weighted by molar-refractivity contribution is 0.285. The molecular formula is C10H16N2O. The van der Waals surface area contributed by atoms with E-state index in [9.17, 15) is 0 Å². The second kappa shape index (κ2) is 5.54. The zero-order chi connectivity index (χ0) is 9.52. The van der Waals surface area contributed by atoms with E-state index in [0.717, 1.165) is 25.1 Å². The van der Waals surface area contributed by atoms with Crippen LogP contribution in [0.15, 0.2) is 24.5 Å². The number of aromatic nitrogens is 1. The van der Waals surface area contributed by atoms with E-state index < -0.39 is 0 Å². The molecule has 3 nitrogen and oxygen atoms in total. The second-order valence-corrected chi connectivity index (χ2v) is 3.06. The van der Waals surface area contributed by atoms with E-state index in [0.29, 0.717) is 0 Å². The molecule has 0 aliphatic carbocycles. The first-order valence-electron chi connectivity index (χ1n) is 4.56. The first kappa shape index (κ1) is 9.99. The van der Waals surface area contributed by atoms with Gasteiger partial charge in [-0.05, 0) is 25.0 Å². The van der Waals surface area contributed by atoms with Crippen molar-refractivity contribution in [3.63, 3.8) is 0 Å². The van der Waals surface area contributed by atoms with Crippen LogP contribution in [0.3, 0.4) is 0 Å². The minimum Gasteiger partial charge on any atom is -0.396 e. The molecule has 0 fully saturated rings. The fourth-order valence-corrected chi connectivity index (χ4v) is 1.17. The molecule has 0 aliphatic heterocycles. The summed E-state index contributed by atoms with van der Waals surface area (Å²) in [5.41, 5.74) is 1.13. The monoisotopic (exact) mass is 180 g/mol. The topological polar surface area (TPSA) is 36.4 Å². The first-order valence-corrected chi connectivity index (χ1v) is 4.56. The maximum absolute atomic E-state index is 8.62. The molecule has 1 heterocycles. The van der Waals surface area contributed by atoms with Crippen LogP contribution in [0.1, 0.15) is 12.8 Å². The Balaban J connectivity index is 2.35. The molecule has 0 radical (unpaired) electrons. The lowest BCUT2D eigenvalue weighted by Crippen LogP contribution is -2.18. The van der Waals surface area contributed by atoms with Crippen LogP contribution in [0.2, 0.25) is 0 Å². The Bertz CT molecular complexity index is 226. The van der Waals surface area contributed by atoms with E-state index in [1.54, 1.807) is 6.20 Å². The molecule has 1 rings (SSSR count). The van der Waals surface area contributed by atoms with E-state index in [-0.39, 0.29) is 6.61 Å². The Kier molecular flexibility index (Phi) is 4.26. The van der Waals surface area contributed by atoms with Gasteiger partial charge in [-0.25, -0.2) is 0 Å². The molecule has 0 atom stereocenters. The Labute approximate surface area is 79.0 Å². The van der Waals surface area contributed by atoms with E-state index >= 15 is 0 Å².